The number of hydrogen-bond acceptors (Lipinski definition) is 6. The van der Waals surface area contributed by atoms with Crippen LogP contribution in [0.1, 0.15) is 5.56 Å². The Morgan fingerprint density at radius 3 is 2.54 bits per heavy atom. The highest BCUT2D eigenvalue weighted by Gasteiger charge is 2.43. The van der Waals surface area contributed by atoms with Gasteiger partial charge in [0.15, 0.2) is 11.5 Å². The van der Waals surface area contributed by atoms with Crippen LogP contribution < -0.4 is 9.47 Å². The van der Waals surface area contributed by atoms with Crippen LogP contribution in [0.4, 0.5) is 8.78 Å². The number of β-amino-alcohol motifs (C(OH)–C–C–N with tert-alkyl or cyclic N) is 1. The van der Waals surface area contributed by atoms with E-state index < -0.39 is 12.0 Å². The topological polar surface area (TPSA) is 54.4 Å². The second kappa shape index (κ2) is 8.10. The fourth-order valence-electron chi connectivity index (χ4n) is 4.38. The smallest absolute Gasteiger partial charge is 0.272 e. The number of nitrogens with zero attached hydrogens (tertiary/aromatic N) is 2. The molecule has 8 heteroatoms. The van der Waals surface area contributed by atoms with E-state index in [0.29, 0.717) is 36.4 Å². The molecule has 6 nitrogen and oxygen atoms in total. The molecular formula is C20H28F2N2O4. The molecule has 3 heterocycles. The first-order chi connectivity index (χ1) is 13.4. The zero-order chi connectivity index (χ0) is 19.7. The number of fused-ring (bicyclic) bond motifs is 1. The second-order valence-corrected chi connectivity index (χ2v) is 8.23. The minimum absolute atomic E-state index is 0.157. The Labute approximate surface area is 164 Å². The van der Waals surface area contributed by atoms with Gasteiger partial charge in [-0.1, -0.05) is 6.07 Å². The summed E-state index contributed by atoms with van der Waals surface area (Å²) in [5, 5.41) is 10.4. The van der Waals surface area contributed by atoms with Gasteiger partial charge in [-0.25, -0.2) is 8.78 Å². The van der Waals surface area contributed by atoms with E-state index in [1.807, 2.05) is 6.07 Å². The summed E-state index contributed by atoms with van der Waals surface area (Å²) in [6.07, 6.45) is -0.609. The summed E-state index contributed by atoms with van der Waals surface area (Å²) in [6, 6.07) is 5.43. The minimum atomic E-state index is -2.57. The van der Waals surface area contributed by atoms with Gasteiger partial charge in [0.05, 0.1) is 33.4 Å². The first-order valence-corrected chi connectivity index (χ1v) is 9.80. The molecule has 3 atom stereocenters. The molecule has 3 aliphatic rings. The van der Waals surface area contributed by atoms with E-state index in [1.165, 1.54) is 0 Å². The van der Waals surface area contributed by atoms with E-state index in [-0.39, 0.29) is 19.7 Å². The lowest BCUT2D eigenvalue weighted by molar-refractivity contribution is -0.133. The normalized spacial score (nSPS) is 28.0. The molecule has 3 saturated heterocycles. The van der Waals surface area contributed by atoms with E-state index in [9.17, 15) is 13.9 Å². The zero-order valence-electron chi connectivity index (χ0n) is 16.2. The third-order valence-electron chi connectivity index (χ3n) is 5.76. The number of alkyl halides is 2. The number of halogens is 2. The van der Waals surface area contributed by atoms with Gasteiger partial charge in [-0.3, -0.25) is 9.80 Å². The van der Waals surface area contributed by atoms with Crippen LogP contribution in [-0.4, -0.2) is 86.6 Å². The Morgan fingerprint density at radius 2 is 1.89 bits per heavy atom. The van der Waals surface area contributed by atoms with Gasteiger partial charge < -0.3 is 19.3 Å². The molecule has 1 aromatic rings. The number of ether oxygens (including phenoxy) is 3. The highest BCUT2D eigenvalue weighted by Crippen LogP contribution is 2.32. The van der Waals surface area contributed by atoms with Crippen molar-refractivity contribution in [2.45, 2.75) is 18.6 Å². The van der Waals surface area contributed by atoms with Gasteiger partial charge in [0.25, 0.3) is 5.92 Å². The summed E-state index contributed by atoms with van der Waals surface area (Å²) in [4.78, 5) is 3.96. The molecule has 1 unspecified atom stereocenters. The van der Waals surface area contributed by atoms with Crippen LogP contribution in [0.3, 0.4) is 0 Å². The van der Waals surface area contributed by atoms with Crippen molar-refractivity contribution in [2.75, 3.05) is 59.7 Å². The number of aliphatic hydroxyl groups excluding tert-OH is 1. The second-order valence-electron chi connectivity index (χ2n) is 8.23. The first-order valence-electron chi connectivity index (χ1n) is 9.80. The maximum atomic E-state index is 13.0. The fraction of sp³-hybridized carbons (Fsp3) is 0.700. The van der Waals surface area contributed by atoms with E-state index in [2.05, 4.69) is 4.90 Å². The molecule has 3 aliphatic heterocycles. The van der Waals surface area contributed by atoms with Crippen LogP contribution in [-0.2, 0) is 11.3 Å². The number of methoxy groups -OCH3 is 1. The molecule has 28 heavy (non-hydrogen) atoms. The average Bonchev–Trinajstić information content (AvgIpc) is 3.20. The molecule has 0 amide bonds. The molecule has 0 saturated carbocycles. The summed E-state index contributed by atoms with van der Waals surface area (Å²) in [5.41, 5.74) is 0.883. The standard InChI is InChI=1S/C20H28F2N2O4/c1-26-18-3-2-14(5-24-12-20(21,22)13-24)4-19(18)28-11-17(25)8-23-6-15-9-27-10-16(15)7-23/h2-4,15-17,25H,5-13H2,1H3/t15-,16+,17?. The fourth-order valence-corrected chi connectivity index (χ4v) is 4.38. The summed E-state index contributed by atoms with van der Waals surface area (Å²) >= 11 is 0. The molecule has 3 fully saturated rings. The van der Waals surface area contributed by atoms with Gasteiger partial charge in [-0.2, -0.15) is 0 Å². The van der Waals surface area contributed by atoms with Gasteiger partial charge in [0.2, 0.25) is 0 Å². The Morgan fingerprint density at radius 1 is 1.18 bits per heavy atom. The molecule has 1 N–H and O–H groups in total. The summed E-state index contributed by atoms with van der Waals surface area (Å²) in [6.45, 7) is 4.30. The van der Waals surface area contributed by atoms with Gasteiger partial charge in [-0.05, 0) is 17.7 Å². The third-order valence-corrected chi connectivity index (χ3v) is 5.76. The molecular weight excluding hydrogens is 370 g/mol. The molecule has 0 bridgehead atoms. The highest BCUT2D eigenvalue weighted by atomic mass is 19.3. The maximum absolute atomic E-state index is 13.0. The van der Waals surface area contributed by atoms with Crippen LogP contribution >= 0.6 is 0 Å². The Hall–Kier alpha value is -1.48. The van der Waals surface area contributed by atoms with Gasteiger partial charge in [0, 0.05) is 38.0 Å². The highest BCUT2D eigenvalue weighted by molar-refractivity contribution is 5.43. The number of hydrogen-bond donors (Lipinski definition) is 1. The van der Waals surface area contributed by atoms with Crippen molar-refractivity contribution in [2.24, 2.45) is 11.8 Å². The predicted octanol–water partition coefficient (Wildman–Crippen LogP) is 1.46. The van der Waals surface area contributed by atoms with Crippen LogP contribution in [0.25, 0.3) is 0 Å². The molecule has 0 spiro atoms. The monoisotopic (exact) mass is 398 g/mol. The predicted molar refractivity (Wildman–Crippen MR) is 99.0 cm³/mol. The quantitative estimate of drug-likeness (QED) is 0.716. The van der Waals surface area contributed by atoms with E-state index >= 15 is 0 Å². The number of likely N-dealkylation sites (tertiary alicyclic amines) is 2. The lowest BCUT2D eigenvalue weighted by atomic mass is 10.0. The van der Waals surface area contributed by atoms with Crippen molar-refractivity contribution in [3.63, 3.8) is 0 Å². The zero-order valence-corrected chi connectivity index (χ0v) is 16.2. The van der Waals surface area contributed by atoms with Crippen molar-refractivity contribution in [3.05, 3.63) is 23.8 Å². The van der Waals surface area contributed by atoms with Gasteiger partial charge in [-0.15, -0.1) is 0 Å². The Balaban J connectivity index is 1.28. The lowest BCUT2D eigenvalue weighted by Gasteiger charge is -2.38. The minimum Gasteiger partial charge on any atom is -0.493 e. The van der Waals surface area contributed by atoms with Crippen LogP contribution in [0.5, 0.6) is 11.5 Å². The third kappa shape index (κ3) is 4.56. The summed E-state index contributed by atoms with van der Waals surface area (Å²) in [7, 11) is 1.55. The van der Waals surface area contributed by atoms with Gasteiger partial charge in [0.1, 0.15) is 12.7 Å². The Kier molecular flexibility index (Phi) is 5.73. The molecule has 0 aliphatic carbocycles. The van der Waals surface area contributed by atoms with Crippen molar-refractivity contribution >= 4 is 0 Å². The average molecular weight is 398 g/mol. The Bertz CT molecular complexity index is 670. The van der Waals surface area contributed by atoms with Crippen molar-refractivity contribution in [1.29, 1.82) is 0 Å². The largest absolute Gasteiger partial charge is 0.493 e. The number of aliphatic hydroxyl groups is 1. The lowest BCUT2D eigenvalue weighted by Crippen LogP contribution is -2.55. The SMILES string of the molecule is COc1ccc(CN2CC(F)(F)C2)cc1OCC(O)CN1C[C@H]2COC[C@H]2C1. The van der Waals surface area contributed by atoms with E-state index in [1.54, 1.807) is 24.1 Å². The van der Waals surface area contributed by atoms with Crippen LogP contribution in [0, 0.1) is 11.8 Å². The van der Waals surface area contributed by atoms with Crippen LogP contribution in [0.15, 0.2) is 18.2 Å². The molecule has 156 valence electrons. The van der Waals surface area contributed by atoms with Crippen molar-refractivity contribution in [1.82, 2.24) is 9.80 Å². The molecule has 0 aromatic heterocycles. The van der Waals surface area contributed by atoms with Crippen molar-refractivity contribution in [3.8, 4) is 11.5 Å². The van der Waals surface area contributed by atoms with Crippen molar-refractivity contribution < 1.29 is 28.1 Å². The maximum Gasteiger partial charge on any atom is 0.272 e. The molecule has 1 aromatic carbocycles. The molecule has 0 radical (unpaired) electrons. The summed E-state index contributed by atoms with van der Waals surface area (Å²) in [5.74, 6) is -0.316. The van der Waals surface area contributed by atoms with Crippen LogP contribution in [0.2, 0.25) is 0 Å². The van der Waals surface area contributed by atoms with E-state index in [4.69, 9.17) is 14.2 Å². The first kappa shape index (κ1) is 19.8. The van der Waals surface area contributed by atoms with Gasteiger partial charge >= 0.3 is 0 Å². The number of rotatable bonds is 8. The molecule has 4 rings (SSSR count). The van der Waals surface area contributed by atoms with E-state index in [0.717, 1.165) is 31.9 Å². The summed E-state index contributed by atoms with van der Waals surface area (Å²) < 4.78 is 42.7. The number of benzene rings is 1.